The number of carbonyl (C=O) groups is 1. The van der Waals surface area contributed by atoms with Crippen LogP contribution in [0.25, 0.3) is 0 Å². The fraction of sp³-hybridized carbons (Fsp3) is 0.462. The molecular formula is C13H20N2O2. The van der Waals surface area contributed by atoms with E-state index in [0.717, 1.165) is 5.69 Å². The Balaban J connectivity index is 2.65. The molecule has 1 atom stereocenters. The van der Waals surface area contributed by atoms with E-state index in [4.69, 9.17) is 10.8 Å². The van der Waals surface area contributed by atoms with Crippen molar-refractivity contribution in [3.05, 3.63) is 30.3 Å². The van der Waals surface area contributed by atoms with Crippen LogP contribution in [0.15, 0.2) is 30.3 Å². The first-order valence-electron chi connectivity index (χ1n) is 5.82. The number of para-hydroxylation sites is 1. The fourth-order valence-corrected chi connectivity index (χ4v) is 1.71. The van der Waals surface area contributed by atoms with Gasteiger partial charge in [-0.1, -0.05) is 18.2 Å². The van der Waals surface area contributed by atoms with Crippen molar-refractivity contribution in [2.24, 2.45) is 5.73 Å². The van der Waals surface area contributed by atoms with Gasteiger partial charge >= 0.3 is 5.97 Å². The molecule has 0 aliphatic rings. The van der Waals surface area contributed by atoms with Crippen LogP contribution < -0.4 is 10.6 Å². The molecule has 94 valence electrons. The van der Waals surface area contributed by atoms with Crippen LogP contribution in [0.3, 0.4) is 0 Å². The molecule has 0 aliphatic carbocycles. The topological polar surface area (TPSA) is 66.6 Å². The molecule has 1 aromatic rings. The van der Waals surface area contributed by atoms with Crippen molar-refractivity contribution in [1.82, 2.24) is 0 Å². The number of anilines is 1. The zero-order valence-electron chi connectivity index (χ0n) is 10.3. The molecule has 0 heterocycles. The summed E-state index contributed by atoms with van der Waals surface area (Å²) in [5.74, 6) is -0.943. The average Bonchev–Trinajstić information content (AvgIpc) is 2.29. The Morgan fingerprint density at radius 2 is 1.94 bits per heavy atom. The summed E-state index contributed by atoms with van der Waals surface area (Å²) in [7, 11) is 0. The highest BCUT2D eigenvalue weighted by atomic mass is 16.4. The molecule has 0 spiro atoms. The normalized spacial score (nSPS) is 12.5. The van der Waals surface area contributed by atoms with Crippen molar-refractivity contribution in [3.8, 4) is 0 Å². The van der Waals surface area contributed by atoms with E-state index >= 15 is 0 Å². The molecule has 0 bridgehead atoms. The molecule has 0 saturated heterocycles. The van der Waals surface area contributed by atoms with Gasteiger partial charge in [-0.2, -0.15) is 0 Å². The van der Waals surface area contributed by atoms with Gasteiger partial charge in [-0.05, 0) is 32.4 Å². The van der Waals surface area contributed by atoms with Crippen molar-refractivity contribution in [3.63, 3.8) is 0 Å². The number of carboxylic acids is 1. The third kappa shape index (κ3) is 4.07. The molecule has 0 fully saturated rings. The number of carboxylic acid groups (broad SMARTS) is 1. The maximum Gasteiger partial charge on any atom is 0.320 e. The van der Waals surface area contributed by atoms with Gasteiger partial charge in [-0.25, -0.2) is 0 Å². The number of hydrogen-bond donors (Lipinski definition) is 2. The lowest BCUT2D eigenvalue weighted by Gasteiger charge is -2.29. The number of hydrogen-bond acceptors (Lipinski definition) is 3. The highest BCUT2D eigenvalue weighted by Crippen LogP contribution is 2.16. The van der Waals surface area contributed by atoms with E-state index < -0.39 is 12.0 Å². The number of rotatable bonds is 6. The van der Waals surface area contributed by atoms with Gasteiger partial charge in [-0.15, -0.1) is 0 Å². The standard InChI is InChI=1S/C13H20N2O2/c1-10(2)15(9-8-12(14)13(16)17)11-6-4-3-5-7-11/h3-7,10,12H,8-9,14H2,1-2H3,(H,16,17)/t12-/m0/s1. The second-order valence-corrected chi connectivity index (χ2v) is 4.36. The minimum absolute atomic E-state index is 0.318. The average molecular weight is 236 g/mol. The quantitative estimate of drug-likeness (QED) is 0.789. The summed E-state index contributed by atoms with van der Waals surface area (Å²) >= 11 is 0. The lowest BCUT2D eigenvalue weighted by molar-refractivity contribution is -0.138. The molecule has 0 aromatic heterocycles. The highest BCUT2D eigenvalue weighted by molar-refractivity contribution is 5.73. The van der Waals surface area contributed by atoms with Gasteiger partial charge in [0.05, 0.1) is 0 Å². The maximum absolute atomic E-state index is 10.7. The molecule has 0 unspecified atom stereocenters. The predicted molar refractivity (Wildman–Crippen MR) is 69.2 cm³/mol. The van der Waals surface area contributed by atoms with Gasteiger partial charge in [0.2, 0.25) is 0 Å². The lowest BCUT2D eigenvalue weighted by atomic mass is 10.1. The first-order chi connectivity index (χ1) is 8.02. The summed E-state index contributed by atoms with van der Waals surface area (Å²) in [6, 6.07) is 9.48. The zero-order valence-corrected chi connectivity index (χ0v) is 10.3. The van der Waals surface area contributed by atoms with Crippen LogP contribution in [0, 0.1) is 0 Å². The lowest BCUT2D eigenvalue weighted by Crippen LogP contribution is -2.38. The number of aliphatic carboxylic acids is 1. The van der Waals surface area contributed by atoms with E-state index in [2.05, 4.69) is 18.7 Å². The first kappa shape index (κ1) is 13.5. The molecule has 4 heteroatoms. The molecule has 0 aliphatic heterocycles. The molecule has 3 N–H and O–H groups in total. The van der Waals surface area contributed by atoms with E-state index in [1.54, 1.807) is 0 Å². The number of nitrogens with zero attached hydrogens (tertiary/aromatic N) is 1. The third-order valence-corrected chi connectivity index (χ3v) is 2.71. The van der Waals surface area contributed by atoms with E-state index in [1.165, 1.54) is 0 Å². The molecule has 17 heavy (non-hydrogen) atoms. The Bertz CT molecular complexity index is 352. The van der Waals surface area contributed by atoms with Crippen molar-refractivity contribution in [2.45, 2.75) is 32.4 Å². The highest BCUT2D eigenvalue weighted by Gasteiger charge is 2.15. The summed E-state index contributed by atoms with van der Waals surface area (Å²) in [6.07, 6.45) is 0.447. The van der Waals surface area contributed by atoms with Gasteiger partial charge in [0, 0.05) is 18.3 Å². The van der Waals surface area contributed by atoms with Crippen LogP contribution in [0.1, 0.15) is 20.3 Å². The van der Waals surface area contributed by atoms with Crippen LogP contribution in [0.4, 0.5) is 5.69 Å². The third-order valence-electron chi connectivity index (χ3n) is 2.71. The summed E-state index contributed by atoms with van der Waals surface area (Å²) in [6.45, 7) is 4.81. The molecule has 1 rings (SSSR count). The number of nitrogens with two attached hydrogens (primary N) is 1. The first-order valence-corrected chi connectivity index (χ1v) is 5.82. The second-order valence-electron chi connectivity index (χ2n) is 4.36. The Labute approximate surface area is 102 Å². The smallest absolute Gasteiger partial charge is 0.320 e. The summed E-state index contributed by atoms with van der Waals surface area (Å²) < 4.78 is 0. The van der Waals surface area contributed by atoms with E-state index in [9.17, 15) is 4.79 Å². The summed E-state index contributed by atoms with van der Waals surface area (Å²) in [5, 5.41) is 8.76. The molecule has 0 amide bonds. The van der Waals surface area contributed by atoms with Gasteiger partial charge in [-0.3, -0.25) is 4.79 Å². The Kier molecular flexibility index (Phi) is 4.97. The minimum atomic E-state index is -0.943. The van der Waals surface area contributed by atoms with Gasteiger partial charge in [0.25, 0.3) is 0 Å². The molecule has 0 saturated carbocycles. The summed E-state index contributed by atoms with van der Waals surface area (Å²) in [4.78, 5) is 12.8. The minimum Gasteiger partial charge on any atom is -0.480 e. The van der Waals surface area contributed by atoms with E-state index in [0.29, 0.717) is 19.0 Å². The fourth-order valence-electron chi connectivity index (χ4n) is 1.71. The van der Waals surface area contributed by atoms with Crippen LogP contribution in [0.5, 0.6) is 0 Å². The van der Waals surface area contributed by atoms with Gasteiger partial charge in [0.15, 0.2) is 0 Å². The zero-order chi connectivity index (χ0) is 12.8. The van der Waals surface area contributed by atoms with Crippen molar-refractivity contribution < 1.29 is 9.90 Å². The Hall–Kier alpha value is -1.55. The predicted octanol–water partition coefficient (Wildman–Crippen LogP) is 1.70. The van der Waals surface area contributed by atoms with E-state index in [1.807, 2.05) is 30.3 Å². The second kappa shape index (κ2) is 6.25. The molecule has 1 aromatic carbocycles. The molecular weight excluding hydrogens is 216 g/mol. The summed E-state index contributed by atoms with van der Waals surface area (Å²) in [5.41, 5.74) is 6.61. The number of benzene rings is 1. The van der Waals surface area contributed by atoms with Crippen LogP contribution in [-0.4, -0.2) is 29.7 Å². The Morgan fingerprint density at radius 1 is 1.35 bits per heavy atom. The van der Waals surface area contributed by atoms with Gasteiger partial charge in [0.1, 0.15) is 6.04 Å². The Morgan fingerprint density at radius 3 is 2.41 bits per heavy atom. The largest absolute Gasteiger partial charge is 0.480 e. The van der Waals surface area contributed by atoms with Crippen molar-refractivity contribution in [2.75, 3.05) is 11.4 Å². The monoisotopic (exact) mass is 236 g/mol. The van der Waals surface area contributed by atoms with Crippen LogP contribution >= 0.6 is 0 Å². The van der Waals surface area contributed by atoms with Crippen LogP contribution in [0.2, 0.25) is 0 Å². The maximum atomic E-state index is 10.7. The van der Waals surface area contributed by atoms with Gasteiger partial charge < -0.3 is 15.7 Å². The van der Waals surface area contributed by atoms with Crippen LogP contribution in [-0.2, 0) is 4.79 Å². The van der Waals surface area contributed by atoms with Crippen molar-refractivity contribution in [1.29, 1.82) is 0 Å². The molecule has 4 nitrogen and oxygen atoms in total. The van der Waals surface area contributed by atoms with E-state index in [-0.39, 0.29) is 0 Å². The SMILES string of the molecule is CC(C)N(CC[C@H](N)C(=O)O)c1ccccc1. The molecule has 0 radical (unpaired) electrons. The van der Waals surface area contributed by atoms with Crippen molar-refractivity contribution >= 4 is 11.7 Å².